The van der Waals surface area contributed by atoms with Crippen molar-refractivity contribution in [3.05, 3.63) is 33.3 Å². The van der Waals surface area contributed by atoms with Gasteiger partial charge in [-0.05, 0) is 64.1 Å². The first-order valence-corrected chi connectivity index (χ1v) is 8.66. The molecule has 1 saturated heterocycles. The van der Waals surface area contributed by atoms with Crippen molar-refractivity contribution in [2.75, 3.05) is 33.7 Å². The van der Waals surface area contributed by atoms with E-state index in [2.05, 4.69) is 39.8 Å². The molecule has 1 unspecified atom stereocenters. The molecule has 118 valence electrons. The van der Waals surface area contributed by atoms with Gasteiger partial charge in [-0.25, -0.2) is 0 Å². The van der Waals surface area contributed by atoms with Gasteiger partial charge < -0.3 is 14.9 Å². The number of nitrogens with zero attached hydrogens (tertiary/aromatic N) is 2. The molecule has 1 aliphatic rings. The van der Waals surface area contributed by atoms with Gasteiger partial charge in [-0.3, -0.25) is 0 Å². The van der Waals surface area contributed by atoms with Gasteiger partial charge in [-0.15, -0.1) is 0 Å². The van der Waals surface area contributed by atoms with Crippen LogP contribution in [0, 0.1) is 0 Å². The summed E-state index contributed by atoms with van der Waals surface area (Å²) in [6.45, 7) is 3.22. The van der Waals surface area contributed by atoms with Gasteiger partial charge >= 0.3 is 0 Å². The van der Waals surface area contributed by atoms with Crippen LogP contribution in [0.1, 0.15) is 30.9 Å². The zero-order valence-corrected chi connectivity index (χ0v) is 15.1. The van der Waals surface area contributed by atoms with Crippen LogP contribution in [-0.2, 0) is 0 Å². The number of hydrogen-bond donors (Lipinski definition) is 1. The maximum atomic E-state index is 10.3. The fourth-order valence-corrected chi connectivity index (χ4v) is 3.67. The van der Waals surface area contributed by atoms with Crippen molar-refractivity contribution in [2.45, 2.75) is 31.4 Å². The Morgan fingerprint density at radius 3 is 2.71 bits per heavy atom. The molecule has 1 aliphatic heterocycles. The van der Waals surface area contributed by atoms with Crippen molar-refractivity contribution in [2.24, 2.45) is 0 Å². The second kappa shape index (κ2) is 7.93. The smallest absolute Gasteiger partial charge is 0.0816 e. The third kappa shape index (κ3) is 4.93. The summed E-state index contributed by atoms with van der Waals surface area (Å²) in [6, 6.07) is 6.28. The Labute approximate surface area is 141 Å². The summed E-state index contributed by atoms with van der Waals surface area (Å²) in [5.74, 6) is 0. The first-order chi connectivity index (χ1) is 9.97. The number of benzene rings is 1. The molecule has 0 radical (unpaired) electrons. The van der Waals surface area contributed by atoms with Gasteiger partial charge in [-0.1, -0.05) is 33.6 Å². The Kier molecular flexibility index (Phi) is 6.51. The lowest BCUT2D eigenvalue weighted by atomic mass is 10.0. The van der Waals surface area contributed by atoms with E-state index in [1.54, 1.807) is 0 Å². The third-order valence-electron chi connectivity index (χ3n) is 4.39. The minimum atomic E-state index is -0.501. The lowest BCUT2D eigenvalue weighted by molar-refractivity contribution is 0.110. The van der Waals surface area contributed by atoms with Gasteiger partial charge in [-0.2, -0.15) is 0 Å². The second-order valence-corrected chi connectivity index (χ2v) is 7.31. The maximum absolute atomic E-state index is 10.3. The molecule has 0 amide bonds. The van der Waals surface area contributed by atoms with Crippen molar-refractivity contribution in [1.29, 1.82) is 0 Å². The highest BCUT2D eigenvalue weighted by Crippen LogP contribution is 2.28. The molecule has 0 aliphatic carbocycles. The average Bonchev–Trinajstić information content (AvgIpc) is 2.45. The number of halogens is 2. The SMILES string of the molecule is CN1CCC(N(C)CCC(O)c2ccc(Br)cc2Cl)CC1. The number of likely N-dealkylation sites (tertiary alicyclic amines) is 1. The molecule has 1 aromatic carbocycles. The summed E-state index contributed by atoms with van der Waals surface area (Å²) in [5, 5.41) is 11.0. The molecule has 1 heterocycles. The normalized spacial score (nSPS) is 19.1. The van der Waals surface area contributed by atoms with Crippen LogP contribution >= 0.6 is 27.5 Å². The van der Waals surface area contributed by atoms with Crippen molar-refractivity contribution < 1.29 is 5.11 Å². The first kappa shape index (κ1) is 17.2. The summed E-state index contributed by atoms with van der Waals surface area (Å²) in [7, 11) is 4.33. The third-order valence-corrected chi connectivity index (χ3v) is 5.21. The summed E-state index contributed by atoms with van der Waals surface area (Å²) < 4.78 is 0.937. The minimum Gasteiger partial charge on any atom is -0.388 e. The quantitative estimate of drug-likeness (QED) is 0.852. The van der Waals surface area contributed by atoms with Crippen molar-refractivity contribution >= 4 is 27.5 Å². The summed E-state index contributed by atoms with van der Waals surface area (Å²) in [6.07, 6.45) is 2.63. The topological polar surface area (TPSA) is 26.7 Å². The zero-order valence-electron chi connectivity index (χ0n) is 12.7. The summed E-state index contributed by atoms with van der Waals surface area (Å²) >= 11 is 9.58. The van der Waals surface area contributed by atoms with Gasteiger partial charge in [0.15, 0.2) is 0 Å². The summed E-state index contributed by atoms with van der Waals surface area (Å²) in [4.78, 5) is 4.75. The molecular weight excluding hydrogens is 352 g/mol. The van der Waals surface area contributed by atoms with Crippen LogP contribution < -0.4 is 0 Å². The van der Waals surface area contributed by atoms with E-state index in [1.165, 1.54) is 12.8 Å². The highest BCUT2D eigenvalue weighted by Gasteiger charge is 2.21. The van der Waals surface area contributed by atoms with Crippen LogP contribution in [0.4, 0.5) is 0 Å². The molecule has 3 nitrogen and oxygen atoms in total. The molecule has 5 heteroatoms. The molecule has 0 saturated carbocycles. The highest BCUT2D eigenvalue weighted by molar-refractivity contribution is 9.10. The Hall–Kier alpha value is -0.130. The lowest BCUT2D eigenvalue weighted by Crippen LogP contribution is -2.42. The van der Waals surface area contributed by atoms with E-state index in [0.717, 1.165) is 29.7 Å². The molecule has 1 N–H and O–H groups in total. The van der Waals surface area contributed by atoms with Gasteiger partial charge in [0.2, 0.25) is 0 Å². The molecule has 2 rings (SSSR count). The molecule has 1 atom stereocenters. The van der Waals surface area contributed by atoms with E-state index < -0.39 is 6.10 Å². The molecule has 1 aromatic rings. The minimum absolute atomic E-state index is 0.501. The highest BCUT2D eigenvalue weighted by atomic mass is 79.9. The maximum Gasteiger partial charge on any atom is 0.0816 e. The van der Waals surface area contributed by atoms with E-state index in [-0.39, 0.29) is 0 Å². The van der Waals surface area contributed by atoms with Gasteiger partial charge in [0.05, 0.1) is 6.10 Å². The van der Waals surface area contributed by atoms with Crippen LogP contribution in [0.25, 0.3) is 0 Å². The molecule has 1 fully saturated rings. The van der Waals surface area contributed by atoms with E-state index in [0.29, 0.717) is 17.5 Å². The van der Waals surface area contributed by atoms with E-state index in [4.69, 9.17) is 11.6 Å². The number of piperidine rings is 1. The number of aliphatic hydroxyl groups is 1. The second-order valence-electron chi connectivity index (χ2n) is 5.99. The standard InChI is InChI=1S/C16H24BrClN2O/c1-19-8-5-13(6-9-19)20(2)10-7-16(21)14-4-3-12(17)11-15(14)18/h3-4,11,13,16,21H,5-10H2,1-2H3. The van der Waals surface area contributed by atoms with E-state index in [1.807, 2.05) is 18.2 Å². The molecular formula is C16H24BrClN2O. The Morgan fingerprint density at radius 2 is 2.10 bits per heavy atom. The zero-order chi connectivity index (χ0) is 15.4. The largest absolute Gasteiger partial charge is 0.388 e. The fraction of sp³-hybridized carbons (Fsp3) is 0.625. The fourth-order valence-electron chi connectivity index (χ4n) is 2.87. The van der Waals surface area contributed by atoms with Crippen LogP contribution in [0.2, 0.25) is 5.02 Å². The Bertz CT molecular complexity index is 464. The number of hydrogen-bond acceptors (Lipinski definition) is 3. The van der Waals surface area contributed by atoms with Gasteiger partial charge in [0.25, 0.3) is 0 Å². The molecule has 0 bridgehead atoms. The summed E-state index contributed by atoms with van der Waals surface area (Å²) in [5.41, 5.74) is 0.816. The van der Waals surface area contributed by atoms with Crippen LogP contribution in [0.15, 0.2) is 22.7 Å². The van der Waals surface area contributed by atoms with Crippen molar-refractivity contribution in [3.8, 4) is 0 Å². The van der Waals surface area contributed by atoms with Crippen LogP contribution in [0.5, 0.6) is 0 Å². The molecule has 21 heavy (non-hydrogen) atoms. The van der Waals surface area contributed by atoms with Crippen LogP contribution in [-0.4, -0.2) is 54.7 Å². The van der Waals surface area contributed by atoms with Crippen molar-refractivity contribution in [3.63, 3.8) is 0 Å². The number of rotatable bonds is 5. The Morgan fingerprint density at radius 1 is 1.43 bits per heavy atom. The molecule has 0 aromatic heterocycles. The number of aliphatic hydroxyl groups excluding tert-OH is 1. The first-order valence-electron chi connectivity index (χ1n) is 7.49. The lowest BCUT2D eigenvalue weighted by Gasteiger charge is -2.35. The van der Waals surface area contributed by atoms with Crippen molar-refractivity contribution in [1.82, 2.24) is 9.80 Å². The van der Waals surface area contributed by atoms with Crippen LogP contribution in [0.3, 0.4) is 0 Å². The average molecular weight is 376 g/mol. The van der Waals surface area contributed by atoms with E-state index in [9.17, 15) is 5.11 Å². The van der Waals surface area contributed by atoms with Gasteiger partial charge in [0.1, 0.15) is 0 Å². The predicted octanol–water partition coefficient (Wildman–Crippen LogP) is 3.55. The Balaban J connectivity index is 1.84. The monoisotopic (exact) mass is 374 g/mol. The van der Waals surface area contributed by atoms with Gasteiger partial charge in [0, 0.05) is 22.1 Å². The molecule has 0 spiro atoms. The predicted molar refractivity (Wildman–Crippen MR) is 91.9 cm³/mol. The van der Waals surface area contributed by atoms with E-state index >= 15 is 0 Å².